The van der Waals surface area contributed by atoms with Gasteiger partial charge in [-0.3, -0.25) is 4.79 Å². The molecule has 2 aromatic carbocycles. The van der Waals surface area contributed by atoms with Gasteiger partial charge in [0.1, 0.15) is 0 Å². The van der Waals surface area contributed by atoms with Gasteiger partial charge in [0.2, 0.25) is 0 Å². The third-order valence-electron chi connectivity index (χ3n) is 2.68. The number of amides is 1. The molecule has 2 rings (SSSR count). The van der Waals surface area contributed by atoms with Crippen LogP contribution >= 0.6 is 11.6 Å². The minimum absolute atomic E-state index is 0.0417. The highest BCUT2D eigenvalue weighted by atomic mass is 35.5. The molecule has 0 aliphatic rings. The Labute approximate surface area is 130 Å². The maximum atomic E-state index is 13.3. The van der Waals surface area contributed by atoms with E-state index in [0.29, 0.717) is 0 Å². The number of aromatic carboxylic acids is 1. The molecule has 0 fully saturated rings. The maximum Gasteiger partial charge on any atom is 0.337 e. The van der Waals surface area contributed by atoms with Gasteiger partial charge >= 0.3 is 5.97 Å². The second kappa shape index (κ2) is 6.91. The fraction of sp³-hybridized carbons (Fsp3) is 0.0667. The first-order valence-corrected chi connectivity index (χ1v) is 6.55. The standard InChI is InChI=1S/C15H11ClFNO4/c16-11-6-5-9(7-10(11)15(20)21)18-14(19)8-22-13-4-2-1-3-12(13)17/h1-7H,8H2,(H,18,19)(H,20,21). The molecule has 0 radical (unpaired) electrons. The Morgan fingerprint density at radius 3 is 2.64 bits per heavy atom. The molecule has 0 heterocycles. The second-order valence-electron chi connectivity index (χ2n) is 4.27. The van der Waals surface area contributed by atoms with E-state index >= 15 is 0 Å². The van der Waals surface area contributed by atoms with Crippen molar-refractivity contribution in [3.05, 3.63) is 58.9 Å². The summed E-state index contributed by atoms with van der Waals surface area (Å²) in [7, 11) is 0. The first-order chi connectivity index (χ1) is 10.5. The molecule has 2 N–H and O–H groups in total. The number of hydrogen-bond acceptors (Lipinski definition) is 3. The van der Waals surface area contributed by atoms with E-state index in [2.05, 4.69) is 5.32 Å². The van der Waals surface area contributed by atoms with E-state index in [1.54, 1.807) is 6.07 Å². The monoisotopic (exact) mass is 323 g/mol. The Morgan fingerprint density at radius 2 is 1.95 bits per heavy atom. The summed E-state index contributed by atoms with van der Waals surface area (Å²) < 4.78 is 18.4. The predicted octanol–water partition coefficient (Wildman–Crippen LogP) is 3.19. The van der Waals surface area contributed by atoms with Crippen molar-refractivity contribution in [3.63, 3.8) is 0 Å². The van der Waals surface area contributed by atoms with Gasteiger partial charge < -0.3 is 15.2 Å². The number of carboxylic acids is 1. The highest BCUT2D eigenvalue weighted by molar-refractivity contribution is 6.33. The zero-order chi connectivity index (χ0) is 16.1. The van der Waals surface area contributed by atoms with Crippen LogP contribution in [0.5, 0.6) is 5.75 Å². The normalized spacial score (nSPS) is 10.1. The number of carbonyl (C=O) groups excluding carboxylic acids is 1. The molecule has 0 aliphatic carbocycles. The molecule has 0 saturated carbocycles. The molecular formula is C15H11ClFNO4. The second-order valence-corrected chi connectivity index (χ2v) is 4.67. The van der Waals surface area contributed by atoms with Crippen molar-refractivity contribution in [2.24, 2.45) is 0 Å². The lowest BCUT2D eigenvalue weighted by molar-refractivity contribution is -0.118. The number of ether oxygens (including phenoxy) is 1. The van der Waals surface area contributed by atoms with Crippen LogP contribution in [0.3, 0.4) is 0 Å². The third-order valence-corrected chi connectivity index (χ3v) is 3.01. The average Bonchev–Trinajstić information content (AvgIpc) is 2.48. The topological polar surface area (TPSA) is 75.6 Å². The highest BCUT2D eigenvalue weighted by Gasteiger charge is 2.11. The average molecular weight is 324 g/mol. The van der Waals surface area contributed by atoms with Gasteiger partial charge in [-0.15, -0.1) is 0 Å². The Bertz CT molecular complexity index is 720. The van der Waals surface area contributed by atoms with Crippen molar-refractivity contribution in [3.8, 4) is 5.75 Å². The molecule has 7 heteroatoms. The van der Waals surface area contributed by atoms with E-state index in [1.807, 2.05) is 0 Å². The van der Waals surface area contributed by atoms with Gasteiger partial charge in [-0.25, -0.2) is 9.18 Å². The van der Waals surface area contributed by atoms with Gasteiger partial charge in [0.05, 0.1) is 10.6 Å². The Hall–Kier alpha value is -2.60. The number of carbonyl (C=O) groups is 2. The Morgan fingerprint density at radius 1 is 1.23 bits per heavy atom. The quantitative estimate of drug-likeness (QED) is 0.886. The molecule has 0 spiro atoms. The van der Waals surface area contributed by atoms with Crippen LogP contribution in [-0.2, 0) is 4.79 Å². The summed E-state index contributed by atoms with van der Waals surface area (Å²) in [4.78, 5) is 22.7. The molecule has 0 saturated heterocycles. The molecule has 2 aromatic rings. The van der Waals surface area contributed by atoms with Crippen molar-refractivity contribution in [1.29, 1.82) is 0 Å². The number of halogens is 2. The third kappa shape index (κ3) is 3.95. The summed E-state index contributed by atoms with van der Waals surface area (Å²) in [6.07, 6.45) is 0. The zero-order valence-electron chi connectivity index (χ0n) is 11.2. The minimum atomic E-state index is -1.20. The fourth-order valence-electron chi connectivity index (χ4n) is 1.67. The summed E-state index contributed by atoms with van der Waals surface area (Å²) in [6, 6.07) is 9.73. The maximum absolute atomic E-state index is 13.3. The lowest BCUT2D eigenvalue weighted by atomic mass is 10.2. The summed E-state index contributed by atoms with van der Waals surface area (Å²) in [6.45, 7) is -0.411. The van der Waals surface area contributed by atoms with E-state index < -0.39 is 24.3 Å². The largest absolute Gasteiger partial charge is 0.481 e. The Kier molecular flexibility index (Phi) is 4.95. The van der Waals surface area contributed by atoms with Crippen molar-refractivity contribution >= 4 is 29.2 Å². The van der Waals surface area contributed by atoms with Gasteiger partial charge in [0.15, 0.2) is 18.2 Å². The van der Waals surface area contributed by atoms with Gasteiger partial charge in [0, 0.05) is 5.69 Å². The van der Waals surface area contributed by atoms with E-state index in [-0.39, 0.29) is 22.0 Å². The smallest absolute Gasteiger partial charge is 0.337 e. The van der Waals surface area contributed by atoms with Gasteiger partial charge in [-0.05, 0) is 30.3 Å². The van der Waals surface area contributed by atoms with E-state index in [4.69, 9.17) is 21.4 Å². The number of para-hydroxylation sites is 1. The van der Waals surface area contributed by atoms with Crippen LogP contribution < -0.4 is 10.1 Å². The molecule has 0 unspecified atom stereocenters. The lowest BCUT2D eigenvalue weighted by Gasteiger charge is -2.09. The van der Waals surface area contributed by atoms with E-state index in [1.165, 1.54) is 36.4 Å². The van der Waals surface area contributed by atoms with Crippen molar-refractivity contribution in [2.45, 2.75) is 0 Å². The molecular weight excluding hydrogens is 313 g/mol. The molecule has 0 aromatic heterocycles. The number of carboxylic acid groups (broad SMARTS) is 1. The molecule has 0 bridgehead atoms. The summed E-state index contributed by atoms with van der Waals surface area (Å²) in [5.41, 5.74) is 0.124. The lowest BCUT2D eigenvalue weighted by Crippen LogP contribution is -2.20. The van der Waals surface area contributed by atoms with Crippen molar-refractivity contribution < 1.29 is 23.8 Å². The highest BCUT2D eigenvalue weighted by Crippen LogP contribution is 2.21. The summed E-state index contributed by atoms with van der Waals surface area (Å²) >= 11 is 5.73. The summed E-state index contributed by atoms with van der Waals surface area (Å²) in [5.74, 6) is -2.37. The van der Waals surface area contributed by atoms with E-state index in [9.17, 15) is 14.0 Å². The number of nitrogens with one attached hydrogen (secondary N) is 1. The molecule has 0 atom stereocenters. The first kappa shape index (κ1) is 15.8. The van der Waals surface area contributed by atoms with Crippen molar-refractivity contribution in [1.82, 2.24) is 0 Å². The molecule has 0 aliphatic heterocycles. The van der Waals surface area contributed by atoms with Gasteiger partial charge in [0.25, 0.3) is 5.91 Å². The number of anilines is 1. The van der Waals surface area contributed by atoms with E-state index in [0.717, 1.165) is 0 Å². The van der Waals surface area contributed by atoms with Crippen LogP contribution in [-0.4, -0.2) is 23.6 Å². The van der Waals surface area contributed by atoms with Crippen LogP contribution in [0.4, 0.5) is 10.1 Å². The van der Waals surface area contributed by atoms with Crippen LogP contribution in [0.1, 0.15) is 10.4 Å². The van der Waals surface area contributed by atoms with Crippen LogP contribution in [0, 0.1) is 5.82 Å². The van der Waals surface area contributed by atoms with Crippen LogP contribution in [0.25, 0.3) is 0 Å². The summed E-state index contributed by atoms with van der Waals surface area (Å²) in [5, 5.41) is 11.5. The predicted molar refractivity (Wildman–Crippen MR) is 78.9 cm³/mol. The number of benzene rings is 2. The van der Waals surface area contributed by atoms with Gasteiger partial charge in [-0.2, -0.15) is 0 Å². The minimum Gasteiger partial charge on any atom is -0.481 e. The van der Waals surface area contributed by atoms with Crippen LogP contribution in [0.15, 0.2) is 42.5 Å². The van der Waals surface area contributed by atoms with Gasteiger partial charge in [-0.1, -0.05) is 23.7 Å². The van der Waals surface area contributed by atoms with Crippen LogP contribution in [0.2, 0.25) is 5.02 Å². The number of rotatable bonds is 5. The molecule has 5 nitrogen and oxygen atoms in total. The molecule has 22 heavy (non-hydrogen) atoms. The molecule has 114 valence electrons. The zero-order valence-corrected chi connectivity index (χ0v) is 11.9. The Balaban J connectivity index is 1.99. The number of hydrogen-bond donors (Lipinski definition) is 2. The molecule has 1 amide bonds. The SMILES string of the molecule is O=C(COc1ccccc1F)Nc1ccc(Cl)c(C(=O)O)c1. The van der Waals surface area contributed by atoms with Crippen molar-refractivity contribution in [2.75, 3.05) is 11.9 Å². The fourth-order valence-corrected chi connectivity index (χ4v) is 1.87. The first-order valence-electron chi connectivity index (χ1n) is 6.17.